The highest BCUT2D eigenvalue weighted by Gasteiger charge is 2.40. The van der Waals surface area contributed by atoms with Crippen LogP contribution in [0.3, 0.4) is 0 Å². The molecule has 2 bridgehead atoms. The predicted octanol–water partition coefficient (Wildman–Crippen LogP) is 2.89. The molecule has 4 fully saturated rings. The summed E-state index contributed by atoms with van der Waals surface area (Å²) in [7, 11) is 0. The van der Waals surface area contributed by atoms with Crippen LogP contribution in [0.5, 0.6) is 0 Å². The third kappa shape index (κ3) is 3.00. The van der Waals surface area contributed by atoms with Crippen LogP contribution in [0.25, 0.3) is 0 Å². The Labute approximate surface area is 118 Å². The van der Waals surface area contributed by atoms with E-state index in [2.05, 4.69) is 10.2 Å². The fraction of sp³-hybridized carbons (Fsp3) is 1.00. The number of rotatable bonds is 6. The zero-order chi connectivity index (χ0) is 12.7. The summed E-state index contributed by atoms with van der Waals surface area (Å²) in [6.45, 7) is 5.43. The maximum absolute atomic E-state index is 3.70. The average molecular weight is 262 g/mol. The van der Waals surface area contributed by atoms with Gasteiger partial charge < -0.3 is 10.2 Å². The third-order valence-corrected chi connectivity index (χ3v) is 6.23. The van der Waals surface area contributed by atoms with Crippen LogP contribution in [0.1, 0.15) is 51.4 Å². The van der Waals surface area contributed by atoms with Gasteiger partial charge in [-0.25, -0.2) is 0 Å². The topological polar surface area (TPSA) is 15.3 Å². The number of fused-ring (bicyclic) bond motifs is 2. The molecule has 108 valence electrons. The van der Waals surface area contributed by atoms with Gasteiger partial charge in [-0.05, 0) is 75.2 Å². The third-order valence-electron chi connectivity index (χ3n) is 6.23. The molecule has 3 saturated carbocycles. The first-order valence-electron chi connectivity index (χ1n) is 8.82. The number of nitrogens with one attached hydrogen (secondary N) is 1. The SMILES string of the molecule is C1CNC(CN(CC2CC2)CC2CC3CCC2C3)C1. The summed E-state index contributed by atoms with van der Waals surface area (Å²) in [6, 6.07) is 0.803. The number of hydrogen-bond acceptors (Lipinski definition) is 2. The van der Waals surface area contributed by atoms with Crippen molar-refractivity contribution in [2.24, 2.45) is 23.7 Å². The molecule has 2 heteroatoms. The molecule has 2 nitrogen and oxygen atoms in total. The minimum absolute atomic E-state index is 0.803. The maximum Gasteiger partial charge on any atom is 0.0195 e. The molecule has 4 aliphatic rings. The zero-order valence-corrected chi connectivity index (χ0v) is 12.3. The highest BCUT2D eigenvalue weighted by atomic mass is 15.2. The van der Waals surface area contributed by atoms with Crippen molar-refractivity contribution in [2.75, 3.05) is 26.2 Å². The van der Waals surface area contributed by atoms with E-state index in [1.807, 2.05) is 0 Å². The van der Waals surface area contributed by atoms with Crippen LogP contribution in [-0.2, 0) is 0 Å². The summed E-state index contributed by atoms with van der Waals surface area (Å²) in [5.41, 5.74) is 0. The lowest BCUT2D eigenvalue weighted by molar-refractivity contribution is 0.172. The smallest absolute Gasteiger partial charge is 0.0195 e. The Morgan fingerprint density at radius 1 is 0.895 bits per heavy atom. The van der Waals surface area contributed by atoms with E-state index in [0.717, 1.165) is 29.7 Å². The van der Waals surface area contributed by atoms with Crippen molar-refractivity contribution >= 4 is 0 Å². The summed E-state index contributed by atoms with van der Waals surface area (Å²) in [5.74, 6) is 4.32. The van der Waals surface area contributed by atoms with Crippen molar-refractivity contribution in [2.45, 2.75) is 57.4 Å². The Morgan fingerprint density at radius 2 is 1.84 bits per heavy atom. The molecule has 0 spiro atoms. The Bertz CT molecular complexity index is 306. The van der Waals surface area contributed by atoms with Gasteiger partial charge >= 0.3 is 0 Å². The second-order valence-electron chi connectivity index (χ2n) is 7.89. The Balaban J connectivity index is 1.32. The van der Waals surface area contributed by atoms with Crippen molar-refractivity contribution in [1.29, 1.82) is 0 Å². The summed E-state index contributed by atoms with van der Waals surface area (Å²) in [4.78, 5) is 2.85. The van der Waals surface area contributed by atoms with Crippen LogP contribution in [0.4, 0.5) is 0 Å². The van der Waals surface area contributed by atoms with E-state index in [4.69, 9.17) is 0 Å². The van der Waals surface area contributed by atoms with E-state index in [-0.39, 0.29) is 0 Å². The van der Waals surface area contributed by atoms with Gasteiger partial charge in [0.15, 0.2) is 0 Å². The monoisotopic (exact) mass is 262 g/mol. The van der Waals surface area contributed by atoms with Crippen molar-refractivity contribution in [1.82, 2.24) is 10.2 Å². The van der Waals surface area contributed by atoms with E-state index >= 15 is 0 Å². The second-order valence-corrected chi connectivity index (χ2v) is 7.89. The van der Waals surface area contributed by atoms with Crippen molar-refractivity contribution in [3.8, 4) is 0 Å². The lowest BCUT2D eigenvalue weighted by atomic mass is 9.88. The molecule has 4 unspecified atom stereocenters. The molecule has 0 aromatic carbocycles. The van der Waals surface area contributed by atoms with E-state index < -0.39 is 0 Å². The fourth-order valence-corrected chi connectivity index (χ4v) is 5.05. The summed E-state index contributed by atoms with van der Waals surface area (Å²) in [6.07, 6.45) is 12.1. The number of nitrogens with zero attached hydrogens (tertiary/aromatic N) is 1. The van der Waals surface area contributed by atoms with E-state index in [0.29, 0.717) is 0 Å². The Hall–Kier alpha value is -0.0800. The van der Waals surface area contributed by atoms with Gasteiger partial charge in [0.05, 0.1) is 0 Å². The molecule has 3 aliphatic carbocycles. The molecule has 0 amide bonds. The van der Waals surface area contributed by atoms with E-state index in [1.165, 1.54) is 51.9 Å². The van der Waals surface area contributed by atoms with Crippen molar-refractivity contribution < 1.29 is 0 Å². The highest BCUT2D eigenvalue weighted by molar-refractivity contribution is 4.92. The first-order valence-corrected chi connectivity index (χ1v) is 8.82. The molecule has 0 aromatic heterocycles. The highest BCUT2D eigenvalue weighted by Crippen LogP contribution is 2.48. The van der Waals surface area contributed by atoms with Crippen molar-refractivity contribution in [3.05, 3.63) is 0 Å². The van der Waals surface area contributed by atoms with Gasteiger partial charge in [0.1, 0.15) is 0 Å². The van der Waals surface area contributed by atoms with Crippen LogP contribution >= 0.6 is 0 Å². The quantitative estimate of drug-likeness (QED) is 0.792. The van der Waals surface area contributed by atoms with Gasteiger partial charge in [0.2, 0.25) is 0 Å². The molecular weight excluding hydrogens is 232 g/mol. The van der Waals surface area contributed by atoms with Gasteiger partial charge in [-0.1, -0.05) is 6.42 Å². The molecule has 4 rings (SSSR count). The first kappa shape index (κ1) is 12.6. The van der Waals surface area contributed by atoms with Gasteiger partial charge in [0.25, 0.3) is 0 Å². The van der Waals surface area contributed by atoms with Crippen LogP contribution in [0.15, 0.2) is 0 Å². The summed E-state index contributed by atoms with van der Waals surface area (Å²) < 4.78 is 0. The van der Waals surface area contributed by atoms with E-state index in [9.17, 15) is 0 Å². The molecule has 0 aromatic rings. The lowest BCUT2D eigenvalue weighted by Gasteiger charge is -2.31. The first-order chi connectivity index (χ1) is 9.37. The Morgan fingerprint density at radius 3 is 2.47 bits per heavy atom. The molecule has 1 heterocycles. The largest absolute Gasteiger partial charge is 0.313 e. The average Bonchev–Trinajstić information content (AvgIpc) is 2.85. The molecule has 1 N–H and O–H groups in total. The minimum Gasteiger partial charge on any atom is -0.313 e. The lowest BCUT2D eigenvalue weighted by Crippen LogP contribution is -2.41. The van der Waals surface area contributed by atoms with Crippen LogP contribution in [-0.4, -0.2) is 37.1 Å². The van der Waals surface area contributed by atoms with Crippen LogP contribution in [0.2, 0.25) is 0 Å². The van der Waals surface area contributed by atoms with Gasteiger partial charge in [0, 0.05) is 25.7 Å². The summed E-state index contributed by atoms with van der Waals surface area (Å²) in [5, 5.41) is 3.70. The number of hydrogen-bond donors (Lipinski definition) is 1. The second kappa shape index (κ2) is 5.37. The van der Waals surface area contributed by atoms with Gasteiger partial charge in [-0.2, -0.15) is 0 Å². The Kier molecular flexibility index (Phi) is 3.57. The normalized spacial score (nSPS) is 41.5. The van der Waals surface area contributed by atoms with Crippen LogP contribution in [0, 0.1) is 23.7 Å². The molecule has 1 aliphatic heterocycles. The standard InChI is InChI=1S/C17H30N2/c1-2-17(18-7-1)12-19(10-13-3-4-13)11-16-9-14-5-6-15(16)8-14/h13-18H,1-12H2. The molecule has 0 radical (unpaired) electrons. The maximum atomic E-state index is 3.70. The van der Waals surface area contributed by atoms with E-state index in [1.54, 1.807) is 25.7 Å². The van der Waals surface area contributed by atoms with Crippen molar-refractivity contribution in [3.63, 3.8) is 0 Å². The van der Waals surface area contributed by atoms with Crippen LogP contribution < -0.4 is 5.32 Å². The molecular formula is C17H30N2. The minimum atomic E-state index is 0.803. The zero-order valence-electron chi connectivity index (χ0n) is 12.3. The molecule has 1 saturated heterocycles. The van der Waals surface area contributed by atoms with Gasteiger partial charge in [-0.15, -0.1) is 0 Å². The predicted molar refractivity (Wildman–Crippen MR) is 79.1 cm³/mol. The fourth-order valence-electron chi connectivity index (χ4n) is 5.05. The molecule has 19 heavy (non-hydrogen) atoms. The molecule has 4 atom stereocenters. The van der Waals surface area contributed by atoms with Gasteiger partial charge in [-0.3, -0.25) is 0 Å². The summed E-state index contributed by atoms with van der Waals surface area (Å²) >= 11 is 0.